The van der Waals surface area contributed by atoms with Gasteiger partial charge in [0.1, 0.15) is 16.5 Å². The molecule has 0 aliphatic heterocycles. The third kappa shape index (κ3) is 8.40. The van der Waals surface area contributed by atoms with Crippen LogP contribution < -0.4 is 15.4 Å². The van der Waals surface area contributed by atoms with Gasteiger partial charge in [0.05, 0.1) is 17.9 Å². The standard InChI is InChI=1S/C25H37F2N5O4S2/c1-15(2)14-38(35,36)31-18-7-5-17(6-8-18)29-25-30-24(28-9-10-33)23(37-25)22(34)21-19(26)11-16(12-20(21)27)13-32(3)4/h11-12,15,17-18,28,31,33H,5-10,13-14H2,1-4H3,(H,29,30). The van der Waals surface area contributed by atoms with E-state index in [2.05, 4.69) is 20.3 Å². The topological polar surface area (TPSA) is 124 Å². The lowest BCUT2D eigenvalue weighted by Gasteiger charge is -2.29. The van der Waals surface area contributed by atoms with Gasteiger partial charge in [-0.15, -0.1) is 0 Å². The van der Waals surface area contributed by atoms with Crippen molar-refractivity contribution in [3.8, 4) is 0 Å². The van der Waals surface area contributed by atoms with E-state index in [1.807, 2.05) is 13.8 Å². The number of rotatable bonds is 13. The Hall–Kier alpha value is -2.19. The molecular formula is C25H37F2N5O4S2. The van der Waals surface area contributed by atoms with E-state index in [0.29, 0.717) is 42.9 Å². The van der Waals surface area contributed by atoms with Crippen molar-refractivity contribution in [2.24, 2.45) is 5.92 Å². The Kier molecular flexibility index (Phi) is 10.6. The molecular weight excluding hydrogens is 536 g/mol. The molecule has 212 valence electrons. The quantitative estimate of drug-likeness (QED) is 0.269. The van der Waals surface area contributed by atoms with Gasteiger partial charge in [-0.3, -0.25) is 4.79 Å². The summed E-state index contributed by atoms with van der Waals surface area (Å²) in [4.78, 5) is 19.5. The second kappa shape index (κ2) is 13.2. The van der Waals surface area contributed by atoms with Crippen LogP contribution in [0.1, 0.15) is 60.3 Å². The summed E-state index contributed by atoms with van der Waals surface area (Å²) in [6.45, 7) is 3.94. The second-order valence-corrected chi connectivity index (χ2v) is 13.1. The van der Waals surface area contributed by atoms with Crippen molar-refractivity contribution >= 4 is 38.1 Å². The van der Waals surface area contributed by atoms with Crippen LogP contribution in [0.25, 0.3) is 0 Å². The summed E-state index contributed by atoms with van der Waals surface area (Å²) in [6, 6.07) is 2.18. The van der Waals surface area contributed by atoms with Crippen LogP contribution in [-0.2, 0) is 16.6 Å². The fraction of sp³-hybridized carbons (Fsp3) is 0.600. The SMILES string of the molecule is CC(C)CS(=O)(=O)NC1CCC(Nc2nc(NCCO)c(C(=O)c3c(F)cc(CN(C)C)cc3F)s2)CC1. The number of anilines is 2. The molecule has 13 heteroatoms. The van der Waals surface area contributed by atoms with Gasteiger partial charge in [-0.2, -0.15) is 0 Å². The average molecular weight is 574 g/mol. The predicted molar refractivity (Wildman–Crippen MR) is 146 cm³/mol. The Balaban J connectivity index is 1.73. The van der Waals surface area contributed by atoms with E-state index >= 15 is 0 Å². The molecule has 0 spiro atoms. The lowest BCUT2D eigenvalue weighted by Crippen LogP contribution is -2.41. The van der Waals surface area contributed by atoms with E-state index in [9.17, 15) is 27.1 Å². The minimum Gasteiger partial charge on any atom is -0.395 e. The molecule has 38 heavy (non-hydrogen) atoms. The van der Waals surface area contributed by atoms with Crippen molar-refractivity contribution in [3.63, 3.8) is 0 Å². The molecule has 0 radical (unpaired) electrons. The second-order valence-electron chi connectivity index (χ2n) is 10.3. The van der Waals surface area contributed by atoms with Gasteiger partial charge in [-0.1, -0.05) is 25.2 Å². The Bertz CT molecular complexity index is 1190. The van der Waals surface area contributed by atoms with Crippen molar-refractivity contribution < 1.29 is 27.1 Å². The van der Waals surface area contributed by atoms with E-state index in [1.165, 1.54) is 0 Å². The Morgan fingerprint density at radius 2 is 1.76 bits per heavy atom. The highest BCUT2D eigenvalue weighted by atomic mass is 32.2. The molecule has 0 amide bonds. The van der Waals surface area contributed by atoms with Gasteiger partial charge in [0.25, 0.3) is 0 Å². The van der Waals surface area contributed by atoms with Gasteiger partial charge >= 0.3 is 0 Å². The molecule has 2 aromatic rings. The molecule has 0 unspecified atom stereocenters. The van der Waals surface area contributed by atoms with Gasteiger partial charge < -0.3 is 20.6 Å². The summed E-state index contributed by atoms with van der Waals surface area (Å²) in [5.41, 5.74) is -0.238. The van der Waals surface area contributed by atoms with Crippen molar-refractivity contribution in [3.05, 3.63) is 39.8 Å². The van der Waals surface area contributed by atoms with Crippen molar-refractivity contribution in [1.29, 1.82) is 0 Å². The number of thiazole rings is 1. The summed E-state index contributed by atoms with van der Waals surface area (Å²) < 4.78 is 57.0. The van der Waals surface area contributed by atoms with Crippen LogP contribution in [0.15, 0.2) is 12.1 Å². The fourth-order valence-corrected chi connectivity index (χ4v) is 7.20. The van der Waals surface area contributed by atoms with E-state index < -0.39 is 33.0 Å². The molecule has 1 saturated carbocycles. The molecule has 1 aromatic carbocycles. The van der Waals surface area contributed by atoms with Crippen molar-refractivity contribution in [1.82, 2.24) is 14.6 Å². The zero-order chi connectivity index (χ0) is 28.0. The first-order valence-corrected chi connectivity index (χ1v) is 15.1. The minimum absolute atomic E-state index is 0.000522. The number of aliphatic hydroxyl groups is 1. The molecule has 0 saturated heterocycles. The molecule has 9 nitrogen and oxygen atoms in total. The first-order valence-electron chi connectivity index (χ1n) is 12.7. The largest absolute Gasteiger partial charge is 0.395 e. The molecule has 1 aromatic heterocycles. The number of aromatic nitrogens is 1. The number of ketones is 1. The maximum Gasteiger partial charge on any atom is 0.212 e. The molecule has 0 bridgehead atoms. The molecule has 1 aliphatic rings. The highest BCUT2D eigenvalue weighted by molar-refractivity contribution is 7.89. The van der Waals surface area contributed by atoms with Gasteiger partial charge in [0.2, 0.25) is 15.8 Å². The monoisotopic (exact) mass is 573 g/mol. The number of carbonyl (C=O) groups is 1. The van der Waals surface area contributed by atoms with E-state index in [0.717, 1.165) is 23.5 Å². The van der Waals surface area contributed by atoms with E-state index in [1.54, 1.807) is 19.0 Å². The number of aliphatic hydroxyl groups excluding tert-OH is 1. The summed E-state index contributed by atoms with van der Waals surface area (Å²) in [6.07, 6.45) is 2.68. The van der Waals surface area contributed by atoms with Gasteiger partial charge in [0, 0.05) is 25.2 Å². The number of halogens is 2. The molecule has 1 heterocycles. The number of nitrogens with zero attached hydrogens (tertiary/aromatic N) is 2. The highest BCUT2D eigenvalue weighted by Crippen LogP contribution is 2.33. The lowest BCUT2D eigenvalue weighted by molar-refractivity contribution is 0.103. The summed E-state index contributed by atoms with van der Waals surface area (Å²) in [5, 5.41) is 15.8. The summed E-state index contributed by atoms with van der Waals surface area (Å²) >= 11 is 0.987. The van der Waals surface area contributed by atoms with E-state index in [4.69, 9.17) is 0 Å². The maximum atomic E-state index is 14.9. The van der Waals surface area contributed by atoms with E-state index in [-0.39, 0.29) is 47.6 Å². The Labute approximate surface area is 227 Å². The molecule has 4 N–H and O–H groups in total. The molecule has 1 aliphatic carbocycles. The average Bonchev–Trinajstić information content (AvgIpc) is 3.19. The van der Waals surface area contributed by atoms with Crippen molar-refractivity contribution in [2.75, 3.05) is 43.6 Å². The van der Waals surface area contributed by atoms with Gasteiger partial charge in [0.15, 0.2) is 10.9 Å². The minimum atomic E-state index is -3.33. The Morgan fingerprint density at radius 1 is 1.16 bits per heavy atom. The van der Waals surface area contributed by atoms with Gasteiger partial charge in [-0.25, -0.2) is 26.9 Å². The third-order valence-corrected chi connectivity index (χ3v) is 8.80. The first-order chi connectivity index (χ1) is 17.9. The third-order valence-electron chi connectivity index (χ3n) is 6.02. The van der Waals surface area contributed by atoms with Crippen LogP contribution >= 0.6 is 11.3 Å². The molecule has 3 rings (SSSR count). The summed E-state index contributed by atoms with van der Waals surface area (Å²) in [5.74, 6) is -2.45. The zero-order valence-electron chi connectivity index (χ0n) is 22.2. The number of benzene rings is 1. The van der Waals surface area contributed by atoms with Crippen LogP contribution in [0.5, 0.6) is 0 Å². The highest BCUT2D eigenvalue weighted by Gasteiger charge is 2.29. The molecule has 0 atom stereocenters. The van der Waals surface area contributed by atoms with Crippen LogP contribution in [0.2, 0.25) is 0 Å². The predicted octanol–water partition coefficient (Wildman–Crippen LogP) is 3.42. The number of sulfonamides is 1. The number of carbonyl (C=O) groups excluding carboxylic acids is 1. The van der Waals surface area contributed by atoms with Crippen LogP contribution in [-0.4, -0.2) is 74.3 Å². The van der Waals surface area contributed by atoms with Crippen LogP contribution in [0.4, 0.5) is 19.7 Å². The number of nitrogens with one attached hydrogen (secondary N) is 3. The van der Waals surface area contributed by atoms with Crippen LogP contribution in [0.3, 0.4) is 0 Å². The Morgan fingerprint density at radius 3 is 2.32 bits per heavy atom. The van der Waals surface area contributed by atoms with Crippen molar-refractivity contribution in [2.45, 2.75) is 58.2 Å². The number of hydrogen-bond donors (Lipinski definition) is 4. The lowest BCUT2D eigenvalue weighted by atomic mass is 9.92. The smallest absolute Gasteiger partial charge is 0.212 e. The summed E-state index contributed by atoms with van der Waals surface area (Å²) in [7, 11) is 0.220. The fourth-order valence-electron chi connectivity index (χ4n) is 4.51. The normalized spacial score (nSPS) is 18.2. The van der Waals surface area contributed by atoms with Crippen LogP contribution in [0, 0.1) is 17.6 Å². The van der Waals surface area contributed by atoms with Gasteiger partial charge in [-0.05, 0) is 63.4 Å². The molecule has 1 fully saturated rings. The zero-order valence-corrected chi connectivity index (χ0v) is 23.8. The first kappa shape index (κ1) is 30.4. The number of hydrogen-bond acceptors (Lipinski definition) is 9. The maximum absolute atomic E-state index is 14.9.